The molecule has 3 nitrogen and oxygen atoms in total. The van der Waals surface area contributed by atoms with Gasteiger partial charge in [0.15, 0.2) is 0 Å². The molecule has 0 bridgehead atoms. The van der Waals surface area contributed by atoms with E-state index >= 15 is 0 Å². The molecule has 0 aliphatic carbocycles. The number of nitrogens with two attached hydrogens (primary N) is 1. The second kappa shape index (κ2) is 5.04. The van der Waals surface area contributed by atoms with Crippen LogP contribution in [0.5, 0.6) is 0 Å². The smallest absolute Gasteiger partial charge is 0.135 e. The minimum Gasteiger partial charge on any atom is -0.383 e. The Bertz CT molecular complexity index is 566. The maximum absolute atomic E-state index is 5.96. The number of aryl methyl sites for hydroxylation is 1. The largest absolute Gasteiger partial charge is 0.383 e. The molecule has 0 aliphatic heterocycles. The summed E-state index contributed by atoms with van der Waals surface area (Å²) in [4.78, 5) is 0. The van der Waals surface area contributed by atoms with Crippen LogP contribution in [0.4, 0.5) is 5.82 Å². The monoisotopic (exact) mass is 381 g/mol. The standard InChI is InChI=1S/C11H10Cl2IN3/c1-6-10(14)11(15)17(16-6)5-7-2-3-8(12)9(13)4-7/h2-4H,5,15H2,1H3. The van der Waals surface area contributed by atoms with Crippen LogP contribution in [0.15, 0.2) is 18.2 Å². The molecule has 0 aliphatic rings. The summed E-state index contributed by atoms with van der Waals surface area (Å²) in [5.74, 6) is 0.675. The molecule has 0 atom stereocenters. The van der Waals surface area contributed by atoms with E-state index in [0.29, 0.717) is 22.4 Å². The van der Waals surface area contributed by atoms with Gasteiger partial charge in [-0.15, -0.1) is 0 Å². The summed E-state index contributed by atoms with van der Waals surface area (Å²) < 4.78 is 2.75. The first-order chi connectivity index (χ1) is 7.99. The highest BCUT2D eigenvalue weighted by Gasteiger charge is 2.10. The van der Waals surface area contributed by atoms with Crippen molar-refractivity contribution >= 4 is 51.6 Å². The third-order valence-corrected chi connectivity index (χ3v) is 4.48. The number of hydrogen-bond donors (Lipinski definition) is 1. The third-order valence-electron chi connectivity index (χ3n) is 2.41. The van der Waals surface area contributed by atoms with Gasteiger partial charge in [0, 0.05) is 0 Å². The molecule has 0 amide bonds. The molecule has 2 aromatic rings. The molecule has 0 radical (unpaired) electrons. The summed E-state index contributed by atoms with van der Waals surface area (Å²) in [6, 6.07) is 5.52. The molecule has 1 aromatic carbocycles. The van der Waals surface area contributed by atoms with Gasteiger partial charge in [-0.1, -0.05) is 29.3 Å². The number of hydrogen-bond acceptors (Lipinski definition) is 2. The molecule has 17 heavy (non-hydrogen) atoms. The fourth-order valence-electron chi connectivity index (χ4n) is 1.51. The van der Waals surface area contributed by atoms with Crippen LogP contribution in [-0.4, -0.2) is 9.78 Å². The third kappa shape index (κ3) is 2.69. The van der Waals surface area contributed by atoms with Crippen molar-refractivity contribution in [3.8, 4) is 0 Å². The number of nitrogen functional groups attached to an aromatic ring is 1. The van der Waals surface area contributed by atoms with E-state index in [0.717, 1.165) is 14.8 Å². The predicted molar refractivity (Wildman–Crippen MR) is 79.7 cm³/mol. The molecule has 2 rings (SSSR count). The molecule has 1 aromatic heterocycles. The molecular weight excluding hydrogens is 372 g/mol. The van der Waals surface area contributed by atoms with Crippen molar-refractivity contribution in [1.82, 2.24) is 9.78 Å². The highest BCUT2D eigenvalue weighted by Crippen LogP contribution is 2.24. The van der Waals surface area contributed by atoms with Crippen LogP contribution in [-0.2, 0) is 6.54 Å². The van der Waals surface area contributed by atoms with Crippen molar-refractivity contribution in [3.63, 3.8) is 0 Å². The van der Waals surface area contributed by atoms with Crippen LogP contribution >= 0.6 is 45.8 Å². The van der Waals surface area contributed by atoms with Gasteiger partial charge < -0.3 is 5.73 Å². The van der Waals surface area contributed by atoms with Crippen molar-refractivity contribution in [1.29, 1.82) is 0 Å². The Hall–Kier alpha value is -0.460. The summed E-state index contributed by atoms with van der Waals surface area (Å²) in [6.07, 6.45) is 0. The van der Waals surface area contributed by atoms with Crippen LogP contribution < -0.4 is 5.73 Å². The molecule has 0 saturated heterocycles. The average molecular weight is 382 g/mol. The predicted octanol–water partition coefficient (Wildman–Crippen LogP) is 3.73. The molecule has 90 valence electrons. The minimum atomic E-state index is 0.543. The average Bonchev–Trinajstić information content (AvgIpc) is 2.52. The Kier molecular flexibility index (Phi) is 3.85. The SMILES string of the molecule is Cc1nn(Cc2ccc(Cl)c(Cl)c2)c(N)c1I. The zero-order chi connectivity index (χ0) is 12.6. The van der Waals surface area contributed by atoms with E-state index in [1.165, 1.54) is 0 Å². The quantitative estimate of drug-likeness (QED) is 0.805. The van der Waals surface area contributed by atoms with Gasteiger partial charge in [-0.3, -0.25) is 0 Å². The van der Waals surface area contributed by atoms with E-state index in [1.807, 2.05) is 19.1 Å². The molecule has 0 spiro atoms. The molecule has 0 unspecified atom stereocenters. The van der Waals surface area contributed by atoms with Crippen molar-refractivity contribution in [2.45, 2.75) is 13.5 Å². The summed E-state index contributed by atoms with van der Waals surface area (Å²) in [7, 11) is 0. The lowest BCUT2D eigenvalue weighted by Gasteiger charge is -2.05. The number of nitrogens with zero attached hydrogens (tertiary/aromatic N) is 2. The Morgan fingerprint density at radius 3 is 2.59 bits per heavy atom. The van der Waals surface area contributed by atoms with Crippen molar-refractivity contribution in [3.05, 3.63) is 43.1 Å². The van der Waals surface area contributed by atoms with Gasteiger partial charge in [0.1, 0.15) is 5.82 Å². The zero-order valence-corrected chi connectivity index (χ0v) is 12.7. The van der Waals surface area contributed by atoms with Crippen molar-refractivity contribution in [2.75, 3.05) is 5.73 Å². The lowest BCUT2D eigenvalue weighted by atomic mass is 10.2. The van der Waals surface area contributed by atoms with Gasteiger partial charge in [0.25, 0.3) is 0 Å². The van der Waals surface area contributed by atoms with E-state index in [-0.39, 0.29) is 0 Å². The van der Waals surface area contributed by atoms with Gasteiger partial charge in [-0.2, -0.15) is 5.10 Å². The summed E-state index contributed by atoms with van der Waals surface area (Å²) >= 11 is 14.0. The first-order valence-corrected chi connectivity index (χ1v) is 6.75. The lowest BCUT2D eigenvalue weighted by molar-refractivity contribution is 0.689. The molecule has 0 fully saturated rings. The van der Waals surface area contributed by atoms with E-state index in [9.17, 15) is 0 Å². The topological polar surface area (TPSA) is 43.8 Å². The Morgan fingerprint density at radius 2 is 2.06 bits per heavy atom. The van der Waals surface area contributed by atoms with Gasteiger partial charge >= 0.3 is 0 Å². The van der Waals surface area contributed by atoms with E-state index in [1.54, 1.807) is 10.7 Å². The highest BCUT2D eigenvalue weighted by atomic mass is 127. The molecule has 6 heteroatoms. The number of rotatable bonds is 2. The van der Waals surface area contributed by atoms with Crippen LogP contribution in [0, 0.1) is 10.5 Å². The first-order valence-electron chi connectivity index (χ1n) is 4.91. The number of anilines is 1. The fraction of sp³-hybridized carbons (Fsp3) is 0.182. The van der Waals surface area contributed by atoms with Gasteiger partial charge in [0.05, 0.1) is 25.9 Å². The zero-order valence-electron chi connectivity index (χ0n) is 9.04. The van der Waals surface area contributed by atoms with Gasteiger partial charge in [-0.05, 0) is 47.2 Å². The van der Waals surface area contributed by atoms with E-state index < -0.39 is 0 Å². The molecule has 1 heterocycles. The molecular formula is C11H10Cl2IN3. The summed E-state index contributed by atoms with van der Waals surface area (Å²) in [5.41, 5.74) is 7.91. The Balaban J connectivity index is 2.31. The lowest BCUT2D eigenvalue weighted by Crippen LogP contribution is -2.06. The number of aromatic nitrogens is 2. The maximum atomic E-state index is 5.96. The second-order valence-electron chi connectivity index (χ2n) is 3.69. The van der Waals surface area contributed by atoms with Gasteiger partial charge in [0.2, 0.25) is 0 Å². The molecule has 2 N–H and O–H groups in total. The van der Waals surface area contributed by atoms with Crippen molar-refractivity contribution in [2.24, 2.45) is 0 Å². The van der Waals surface area contributed by atoms with Crippen LogP contribution in [0.3, 0.4) is 0 Å². The normalized spacial score (nSPS) is 10.8. The number of benzene rings is 1. The van der Waals surface area contributed by atoms with Crippen LogP contribution in [0.2, 0.25) is 10.0 Å². The summed E-state index contributed by atoms with van der Waals surface area (Å²) in [6.45, 7) is 2.52. The first kappa shape index (κ1) is 13.0. The van der Waals surface area contributed by atoms with E-state index in [2.05, 4.69) is 27.7 Å². The summed E-state index contributed by atoms with van der Waals surface area (Å²) in [5, 5.41) is 5.46. The molecule has 0 saturated carbocycles. The van der Waals surface area contributed by atoms with E-state index in [4.69, 9.17) is 28.9 Å². The second-order valence-corrected chi connectivity index (χ2v) is 5.58. The maximum Gasteiger partial charge on any atom is 0.135 e. The number of halogens is 3. The Morgan fingerprint density at radius 1 is 1.35 bits per heavy atom. The fourth-order valence-corrected chi connectivity index (χ4v) is 2.22. The minimum absolute atomic E-state index is 0.543. The van der Waals surface area contributed by atoms with Crippen LogP contribution in [0.1, 0.15) is 11.3 Å². The highest BCUT2D eigenvalue weighted by molar-refractivity contribution is 14.1. The van der Waals surface area contributed by atoms with Crippen LogP contribution in [0.25, 0.3) is 0 Å². The van der Waals surface area contributed by atoms with Gasteiger partial charge in [-0.25, -0.2) is 4.68 Å². The Labute approximate surface area is 123 Å². The van der Waals surface area contributed by atoms with Crippen molar-refractivity contribution < 1.29 is 0 Å².